The summed E-state index contributed by atoms with van der Waals surface area (Å²) < 4.78 is 16.1. The number of likely N-dealkylation sites (N-methyl/N-ethyl adjacent to an activating group) is 1. The zero-order valence-electron chi connectivity index (χ0n) is 16.7. The molecule has 0 atom stereocenters. The molecule has 3 rings (SSSR count). The van der Waals surface area contributed by atoms with Gasteiger partial charge in [0.15, 0.2) is 11.5 Å². The van der Waals surface area contributed by atoms with Crippen LogP contribution in [0.25, 0.3) is 22.2 Å². The van der Waals surface area contributed by atoms with E-state index in [1.165, 1.54) is 0 Å². The van der Waals surface area contributed by atoms with E-state index in [2.05, 4.69) is 18.0 Å². The maximum absolute atomic E-state index is 6.24. The molecule has 0 N–H and O–H groups in total. The van der Waals surface area contributed by atoms with Crippen molar-refractivity contribution in [3.63, 3.8) is 0 Å². The third kappa shape index (κ3) is 4.55. The van der Waals surface area contributed by atoms with Gasteiger partial charge < -0.3 is 14.2 Å². The lowest BCUT2D eigenvalue weighted by Crippen LogP contribution is -2.22. The molecule has 0 radical (unpaired) electrons. The first-order chi connectivity index (χ1) is 13.5. The highest BCUT2D eigenvalue weighted by Gasteiger charge is 2.14. The van der Waals surface area contributed by atoms with Crippen molar-refractivity contribution in [3.8, 4) is 22.8 Å². The molecule has 0 spiro atoms. The predicted octanol–water partition coefficient (Wildman–Crippen LogP) is 4.65. The summed E-state index contributed by atoms with van der Waals surface area (Å²) in [5, 5.41) is 1.68. The van der Waals surface area contributed by atoms with Gasteiger partial charge in [-0.3, -0.25) is 4.90 Å². The smallest absolute Gasteiger partial charge is 0.162 e. The minimum Gasteiger partial charge on any atom is -0.493 e. The number of halogens is 1. The van der Waals surface area contributed by atoms with E-state index in [1.54, 1.807) is 21.3 Å². The van der Waals surface area contributed by atoms with Gasteiger partial charge in [0.2, 0.25) is 0 Å². The van der Waals surface area contributed by atoms with Crippen LogP contribution in [-0.2, 0) is 11.3 Å². The van der Waals surface area contributed by atoms with Gasteiger partial charge in [-0.15, -0.1) is 0 Å². The molecule has 5 nitrogen and oxygen atoms in total. The molecule has 28 heavy (non-hydrogen) atoms. The fourth-order valence-corrected chi connectivity index (χ4v) is 3.36. The van der Waals surface area contributed by atoms with Crippen molar-refractivity contribution in [1.29, 1.82) is 0 Å². The Morgan fingerprint density at radius 1 is 1.00 bits per heavy atom. The normalized spacial score (nSPS) is 11.2. The van der Waals surface area contributed by atoms with Gasteiger partial charge in [0, 0.05) is 42.2 Å². The Morgan fingerprint density at radius 2 is 1.75 bits per heavy atom. The SMILES string of the molecule is COCCN(C)Cc1cc2cc(OC)c(OC)cc2nc1-c1cccc(Cl)c1. The minimum absolute atomic E-state index is 0.657. The Hall–Kier alpha value is -2.34. The van der Waals surface area contributed by atoms with E-state index < -0.39 is 0 Å². The number of hydrogen-bond donors (Lipinski definition) is 0. The van der Waals surface area contributed by atoms with Gasteiger partial charge in [0.25, 0.3) is 0 Å². The van der Waals surface area contributed by atoms with E-state index >= 15 is 0 Å². The first-order valence-corrected chi connectivity index (χ1v) is 9.42. The molecule has 0 aliphatic heterocycles. The highest BCUT2D eigenvalue weighted by Crippen LogP contribution is 2.34. The molecule has 2 aromatic carbocycles. The summed E-state index contributed by atoms with van der Waals surface area (Å²) in [6.45, 7) is 2.24. The van der Waals surface area contributed by atoms with E-state index in [-0.39, 0.29) is 0 Å². The summed E-state index contributed by atoms with van der Waals surface area (Å²) in [5.41, 5.74) is 3.85. The second-order valence-electron chi connectivity index (χ2n) is 6.64. The van der Waals surface area contributed by atoms with E-state index in [4.69, 9.17) is 30.8 Å². The van der Waals surface area contributed by atoms with Crippen LogP contribution in [0.4, 0.5) is 0 Å². The molecule has 0 aliphatic carbocycles. The van der Waals surface area contributed by atoms with Crippen molar-refractivity contribution in [3.05, 3.63) is 53.1 Å². The Balaban J connectivity index is 2.14. The molecule has 0 saturated heterocycles. The standard InChI is InChI=1S/C22H25ClN2O3/c1-25(8-9-26-2)14-17-10-16-12-20(27-3)21(28-4)13-19(16)24-22(17)15-6-5-7-18(23)11-15/h5-7,10-13H,8-9,14H2,1-4H3. The summed E-state index contributed by atoms with van der Waals surface area (Å²) in [5.74, 6) is 1.34. The second-order valence-corrected chi connectivity index (χ2v) is 7.07. The van der Waals surface area contributed by atoms with Crippen molar-refractivity contribution in [2.45, 2.75) is 6.54 Å². The van der Waals surface area contributed by atoms with E-state index in [0.29, 0.717) is 23.1 Å². The molecule has 0 saturated carbocycles. The fraction of sp³-hybridized carbons (Fsp3) is 0.318. The first kappa shape index (κ1) is 20.4. The third-order valence-electron chi connectivity index (χ3n) is 4.61. The van der Waals surface area contributed by atoms with Crippen LogP contribution in [-0.4, -0.2) is 51.4 Å². The topological polar surface area (TPSA) is 43.8 Å². The van der Waals surface area contributed by atoms with Crippen LogP contribution in [0.5, 0.6) is 11.5 Å². The molecule has 0 aliphatic rings. The largest absolute Gasteiger partial charge is 0.493 e. The lowest BCUT2D eigenvalue weighted by Gasteiger charge is -2.19. The number of methoxy groups -OCH3 is 3. The molecular formula is C22H25ClN2O3. The summed E-state index contributed by atoms with van der Waals surface area (Å²) in [6, 6.07) is 13.8. The monoisotopic (exact) mass is 400 g/mol. The maximum atomic E-state index is 6.24. The van der Waals surface area contributed by atoms with Gasteiger partial charge in [0.05, 0.1) is 32.0 Å². The number of aromatic nitrogens is 1. The Kier molecular flexibility index (Phi) is 6.73. The average molecular weight is 401 g/mol. The second kappa shape index (κ2) is 9.24. The maximum Gasteiger partial charge on any atom is 0.162 e. The number of ether oxygens (including phenoxy) is 3. The molecule has 6 heteroatoms. The molecule has 0 amide bonds. The van der Waals surface area contributed by atoms with Crippen molar-refractivity contribution in [2.75, 3.05) is 41.5 Å². The lowest BCUT2D eigenvalue weighted by atomic mass is 10.0. The van der Waals surface area contributed by atoms with Gasteiger partial charge in [0.1, 0.15) is 0 Å². The quantitative estimate of drug-likeness (QED) is 0.550. The average Bonchev–Trinajstić information content (AvgIpc) is 2.70. The van der Waals surface area contributed by atoms with Crippen molar-refractivity contribution in [2.24, 2.45) is 0 Å². The molecule has 0 bridgehead atoms. The molecule has 3 aromatic rings. The first-order valence-electron chi connectivity index (χ1n) is 9.04. The molecule has 0 fully saturated rings. The zero-order chi connectivity index (χ0) is 20.1. The van der Waals surface area contributed by atoms with Gasteiger partial charge in [-0.05, 0) is 36.9 Å². The third-order valence-corrected chi connectivity index (χ3v) is 4.85. The minimum atomic E-state index is 0.657. The number of fused-ring (bicyclic) bond motifs is 1. The highest BCUT2D eigenvalue weighted by atomic mass is 35.5. The Labute approximate surface area is 170 Å². The number of benzene rings is 2. The van der Waals surface area contributed by atoms with E-state index in [1.807, 2.05) is 36.4 Å². The Morgan fingerprint density at radius 3 is 2.43 bits per heavy atom. The molecular weight excluding hydrogens is 376 g/mol. The highest BCUT2D eigenvalue weighted by molar-refractivity contribution is 6.30. The predicted molar refractivity (Wildman–Crippen MR) is 114 cm³/mol. The van der Waals surface area contributed by atoms with Crippen molar-refractivity contribution in [1.82, 2.24) is 9.88 Å². The summed E-state index contributed by atoms with van der Waals surface area (Å²) in [7, 11) is 7.04. The summed E-state index contributed by atoms with van der Waals surface area (Å²) >= 11 is 6.24. The molecule has 148 valence electrons. The molecule has 1 aromatic heterocycles. The molecule has 1 heterocycles. The van der Waals surface area contributed by atoms with Crippen LogP contribution >= 0.6 is 11.6 Å². The van der Waals surface area contributed by atoms with E-state index in [0.717, 1.165) is 40.8 Å². The van der Waals surface area contributed by atoms with Gasteiger partial charge in [-0.1, -0.05) is 23.7 Å². The van der Waals surface area contributed by atoms with Gasteiger partial charge >= 0.3 is 0 Å². The molecule has 0 unspecified atom stereocenters. The van der Waals surface area contributed by atoms with Crippen LogP contribution in [0.1, 0.15) is 5.56 Å². The zero-order valence-corrected chi connectivity index (χ0v) is 17.4. The van der Waals surface area contributed by atoms with Gasteiger partial charge in [-0.2, -0.15) is 0 Å². The lowest BCUT2D eigenvalue weighted by molar-refractivity contribution is 0.158. The number of hydrogen-bond acceptors (Lipinski definition) is 5. The summed E-state index contributed by atoms with van der Waals surface area (Å²) in [6.07, 6.45) is 0. The van der Waals surface area contributed by atoms with E-state index in [9.17, 15) is 0 Å². The fourth-order valence-electron chi connectivity index (χ4n) is 3.17. The number of pyridine rings is 1. The van der Waals surface area contributed by atoms with Crippen molar-refractivity contribution < 1.29 is 14.2 Å². The van der Waals surface area contributed by atoms with Crippen LogP contribution in [0.15, 0.2) is 42.5 Å². The summed E-state index contributed by atoms with van der Waals surface area (Å²) in [4.78, 5) is 7.16. The van der Waals surface area contributed by atoms with Crippen LogP contribution < -0.4 is 9.47 Å². The Bertz CT molecular complexity index is 962. The van der Waals surface area contributed by atoms with Crippen LogP contribution in [0, 0.1) is 0 Å². The van der Waals surface area contributed by atoms with Crippen molar-refractivity contribution >= 4 is 22.5 Å². The van der Waals surface area contributed by atoms with Crippen LogP contribution in [0.3, 0.4) is 0 Å². The van der Waals surface area contributed by atoms with Crippen LogP contribution in [0.2, 0.25) is 5.02 Å². The number of nitrogens with zero attached hydrogens (tertiary/aromatic N) is 2. The van der Waals surface area contributed by atoms with Gasteiger partial charge in [-0.25, -0.2) is 4.98 Å². The number of rotatable bonds is 8.